The van der Waals surface area contributed by atoms with Crippen molar-refractivity contribution in [3.63, 3.8) is 0 Å². The van der Waals surface area contributed by atoms with Crippen molar-refractivity contribution in [2.45, 2.75) is 20.3 Å². The summed E-state index contributed by atoms with van der Waals surface area (Å²) in [5.41, 5.74) is 2.36. The lowest BCUT2D eigenvalue weighted by Crippen LogP contribution is -1.87. The molecule has 0 spiro atoms. The third-order valence-electron chi connectivity index (χ3n) is 1.87. The van der Waals surface area contributed by atoms with Crippen LogP contribution in [0.4, 0.5) is 0 Å². The van der Waals surface area contributed by atoms with E-state index < -0.39 is 0 Å². The zero-order chi connectivity index (χ0) is 10.2. The van der Waals surface area contributed by atoms with Crippen molar-refractivity contribution >= 4 is 5.71 Å². The van der Waals surface area contributed by atoms with Crippen LogP contribution in [0.1, 0.15) is 19.4 Å². The third kappa shape index (κ3) is 3.99. The Kier molecular flexibility index (Phi) is 4.62. The van der Waals surface area contributed by atoms with Gasteiger partial charge in [0.25, 0.3) is 0 Å². The molecule has 0 aliphatic carbocycles. The predicted molar refractivity (Wildman–Crippen MR) is 60.7 cm³/mol. The van der Waals surface area contributed by atoms with E-state index in [1.54, 1.807) is 0 Å². The second-order valence-corrected chi connectivity index (χ2v) is 3.08. The van der Waals surface area contributed by atoms with E-state index in [2.05, 4.69) is 22.1 Å². The van der Waals surface area contributed by atoms with Crippen LogP contribution >= 0.6 is 0 Å². The van der Waals surface area contributed by atoms with E-state index in [0.29, 0.717) is 0 Å². The molecule has 74 valence electrons. The standard InChI is InChI=1S/C12H16N2/c1-3-14-11(2)5-4-6-12-7-9-13-10-8-12/h4-5,7-10H,3,6H2,1-2H3/b5-4-,14-11?. The Morgan fingerprint density at radius 3 is 2.79 bits per heavy atom. The largest absolute Gasteiger partial charge is 0.290 e. The van der Waals surface area contributed by atoms with Crippen LogP contribution < -0.4 is 0 Å². The number of aliphatic imine (C=N–C) groups is 1. The zero-order valence-corrected chi connectivity index (χ0v) is 8.77. The Hall–Kier alpha value is -1.44. The van der Waals surface area contributed by atoms with E-state index in [0.717, 1.165) is 18.7 Å². The quantitative estimate of drug-likeness (QED) is 0.667. The average molecular weight is 188 g/mol. The molecule has 1 heterocycles. The minimum absolute atomic E-state index is 0.853. The second-order valence-electron chi connectivity index (χ2n) is 3.08. The van der Waals surface area contributed by atoms with Crippen LogP contribution in [0.5, 0.6) is 0 Å². The minimum atomic E-state index is 0.853. The molecule has 0 atom stereocenters. The Morgan fingerprint density at radius 2 is 2.14 bits per heavy atom. The number of pyridine rings is 1. The predicted octanol–water partition coefficient (Wildman–Crippen LogP) is 2.66. The number of hydrogen-bond acceptors (Lipinski definition) is 2. The summed E-state index contributed by atoms with van der Waals surface area (Å²) >= 11 is 0. The van der Waals surface area contributed by atoms with Gasteiger partial charge in [-0.3, -0.25) is 9.98 Å². The first-order valence-electron chi connectivity index (χ1n) is 4.89. The van der Waals surface area contributed by atoms with Gasteiger partial charge in [0.15, 0.2) is 0 Å². The third-order valence-corrected chi connectivity index (χ3v) is 1.87. The van der Waals surface area contributed by atoms with Crippen LogP contribution in [-0.2, 0) is 6.42 Å². The number of rotatable bonds is 4. The molecule has 2 nitrogen and oxygen atoms in total. The molecule has 0 bridgehead atoms. The van der Waals surface area contributed by atoms with Gasteiger partial charge in [0, 0.05) is 24.7 Å². The fourth-order valence-electron chi connectivity index (χ4n) is 1.19. The highest BCUT2D eigenvalue weighted by molar-refractivity contribution is 5.92. The lowest BCUT2D eigenvalue weighted by molar-refractivity contribution is 1.13. The van der Waals surface area contributed by atoms with Crippen LogP contribution in [0.15, 0.2) is 41.7 Å². The molecule has 1 rings (SSSR count). The van der Waals surface area contributed by atoms with Gasteiger partial charge in [-0.25, -0.2) is 0 Å². The maximum absolute atomic E-state index is 4.27. The summed E-state index contributed by atoms with van der Waals surface area (Å²) in [5.74, 6) is 0. The molecule has 0 unspecified atom stereocenters. The summed E-state index contributed by atoms with van der Waals surface area (Å²) in [4.78, 5) is 8.24. The Bertz CT molecular complexity index is 312. The topological polar surface area (TPSA) is 25.2 Å². The van der Waals surface area contributed by atoms with Gasteiger partial charge in [0.1, 0.15) is 0 Å². The maximum Gasteiger partial charge on any atom is 0.0364 e. The fraction of sp³-hybridized carbons (Fsp3) is 0.333. The first kappa shape index (κ1) is 10.6. The molecule has 14 heavy (non-hydrogen) atoms. The first-order valence-corrected chi connectivity index (χ1v) is 4.89. The summed E-state index contributed by atoms with van der Waals surface area (Å²) < 4.78 is 0. The SMILES string of the molecule is CCN=C(C)/C=C\Cc1ccncc1. The van der Waals surface area contributed by atoms with Crippen molar-refractivity contribution < 1.29 is 0 Å². The number of nitrogens with zero attached hydrogens (tertiary/aromatic N) is 2. The van der Waals surface area contributed by atoms with Gasteiger partial charge < -0.3 is 0 Å². The number of allylic oxidation sites excluding steroid dienone is 2. The Morgan fingerprint density at radius 1 is 1.43 bits per heavy atom. The molecule has 0 aliphatic heterocycles. The van der Waals surface area contributed by atoms with E-state index in [4.69, 9.17) is 0 Å². The van der Waals surface area contributed by atoms with Gasteiger partial charge >= 0.3 is 0 Å². The molecule has 0 aliphatic rings. The minimum Gasteiger partial charge on any atom is -0.290 e. The molecule has 2 heteroatoms. The molecule has 1 aromatic rings. The van der Waals surface area contributed by atoms with Crippen molar-refractivity contribution in [1.82, 2.24) is 4.98 Å². The van der Waals surface area contributed by atoms with Crippen LogP contribution in [0.2, 0.25) is 0 Å². The molecule has 0 aromatic carbocycles. The lowest BCUT2D eigenvalue weighted by Gasteiger charge is -1.94. The first-order chi connectivity index (χ1) is 6.83. The van der Waals surface area contributed by atoms with Crippen molar-refractivity contribution in [3.05, 3.63) is 42.2 Å². The van der Waals surface area contributed by atoms with Gasteiger partial charge in [0.05, 0.1) is 0 Å². The Balaban J connectivity index is 2.45. The molecule has 0 amide bonds. The van der Waals surface area contributed by atoms with Crippen molar-refractivity contribution in [1.29, 1.82) is 0 Å². The van der Waals surface area contributed by atoms with Gasteiger partial charge in [-0.15, -0.1) is 0 Å². The van der Waals surface area contributed by atoms with Crippen LogP contribution in [0.25, 0.3) is 0 Å². The highest BCUT2D eigenvalue weighted by atomic mass is 14.7. The molecule has 0 radical (unpaired) electrons. The normalized spacial score (nSPS) is 12.3. The average Bonchev–Trinajstić information content (AvgIpc) is 2.20. The summed E-state index contributed by atoms with van der Waals surface area (Å²) in [7, 11) is 0. The van der Waals surface area contributed by atoms with E-state index in [-0.39, 0.29) is 0 Å². The van der Waals surface area contributed by atoms with E-state index in [9.17, 15) is 0 Å². The molecule has 0 N–H and O–H groups in total. The van der Waals surface area contributed by atoms with Crippen LogP contribution in [0, 0.1) is 0 Å². The summed E-state index contributed by atoms with van der Waals surface area (Å²) in [6.45, 7) is 4.91. The molecule has 0 fully saturated rings. The van der Waals surface area contributed by atoms with Gasteiger partial charge in [0.2, 0.25) is 0 Å². The smallest absolute Gasteiger partial charge is 0.0364 e. The second kappa shape index (κ2) is 6.08. The van der Waals surface area contributed by atoms with Crippen molar-refractivity contribution in [3.8, 4) is 0 Å². The maximum atomic E-state index is 4.27. The van der Waals surface area contributed by atoms with E-state index in [1.165, 1.54) is 5.56 Å². The van der Waals surface area contributed by atoms with Crippen molar-refractivity contribution in [2.75, 3.05) is 6.54 Å². The highest BCUT2D eigenvalue weighted by Gasteiger charge is 1.86. The van der Waals surface area contributed by atoms with Crippen LogP contribution in [0.3, 0.4) is 0 Å². The number of aromatic nitrogens is 1. The molecule has 0 saturated carbocycles. The summed E-state index contributed by atoms with van der Waals surface area (Å²) in [6.07, 6.45) is 8.76. The molecule has 0 saturated heterocycles. The summed E-state index contributed by atoms with van der Waals surface area (Å²) in [5, 5.41) is 0. The van der Waals surface area contributed by atoms with Crippen molar-refractivity contribution in [2.24, 2.45) is 4.99 Å². The Labute approximate surface area is 85.4 Å². The van der Waals surface area contributed by atoms with Crippen LogP contribution in [-0.4, -0.2) is 17.2 Å². The van der Waals surface area contributed by atoms with E-state index >= 15 is 0 Å². The zero-order valence-electron chi connectivity index (χ0n) is 8.77. The molecular weight excluding hydrogens is 172 g/mol. The monoisotopic (exact) mass is 188 g/mol. The van der Waals surface area contributed by atoms with Gasteiger partial charge in [-0.1, -0.05) is 6.08 Å². The van der Waals surface area contributed by atoms with E-state index in [1.807, 2.05) is 38.4 Å². The lowest BCUT2D eigenvalue weighted by atomic mass is 10.2. The van der Waals surface area contributed by atoms with Gasteiger partial charge in [-0.05, 0) is 44.0 Å². The fourth-order valence-corrected chi connectivity index (χ4v) is 1.19. The molecule has 1 aromatic heterocycles. The van der Waals surface area contributed by atoms with Gasteiger partial charge in [-0.2, -0.15) is 0 Å². The molecular formula is C12H16N2. The number of hydrogen-bond donors (Lipinski definition) is 0. The highest BCUT2D eigenvalue weighted by Crippen LogP contribution is 1.98. The summed E-state index contributed by atoms with van der Waals surface area (Å²) in [6, 6.07) is 4.05.